The van der Waals surface area contributed by atoms with Crippen molar-refractivity contribution >= 4 is 17.7 Å². The highest BCUT2D eigenvalue weighted by molar-refractivity contribution is 7.99. The lowest BCUT2D eigenvalue weighted by molar-refractivity contribution is -0.128. The molecule has 8 heteroatoms. The number of benzene rings is 1. The number of halogens is 1. The molecule has 3 rings (SSSR count). The number of aromatic nitrogens is 3. The van der Waals surface area contributed by atoms with E-state index in [0.29, 0.717) is 24.2 Å². The Bertz CT molecular complexity index is 731. The Labute approximate surface area is 144 Å². The van der Waals surface area contributed by atoms with Gasteiger partial charge in [0.25, 0.3) is 0 Å². The molecular formula is C16H20FN5OS. The van der Waals surface area contributed by atoms with Crippen LogP contribution in [0, 0.1) is 5.82 Å². The van der Waals surface area contributed by atoms with Crippen molar-refractivity contribution in [3.05, 3.63) is 41.5 Å². The van der Waals surface area contributed by atoms with Crippen LogP contribution in [0.15, 0.2) is 29.4 Å². The molecule has 1 aromatic carbocycles. The van der Waals surface area contributed by atoms with E-state index in [4.69, 9.17) is 5.84 Å². The summed E-state index contributed by atoms with van der Waals surface area (Å²) in [5.74, 6) is 7.07. The molecule has 1 amide bonds. The van der Waals surface area contributed by atoms with E-state index in [1.807, 2.05) is 13.0 Å². The van der Waals surface area contributed by atoms with E-state index in [2.05, 4.69) is 10.2 Å². The van der Waals surface area contributed by atoms with E-state index in [1.54, 1.807) is 11.0 Å². The molecule has 1 fully saturated rings. The summed E-state index contributed by atoms with van der Waals surface area (Å²) in [5.41, 5.74) is 0.771. The van der Waals surface area contributed by atoms with Gasteiger partial charge in [0.2, 0.25) is 11.1 Å². The minimum atomic E-state index is -0.297. The van der Waals surface area contributed by atoms with E-state index in [9.17, 15) is 9.18 Å². The van der Waals surface area contributed by atoms with Crippen molar-refractivity contribution in [1.29, 1.82) is 0 Å². The Morgan fingerprint density at radius 3 is 2.92 bits per heavy atom. The monoisotopic (exact) mass is 349 g/mol. The van der Waals surface area contributed by atoms with Crippen LogP contribution in [0.4, 0.5) is 4.39 Å². The molecule has 1 saturated carbocycles. The highest BCUT2D eigenvalue weighted by Crippen LogP contribution is 2.39. The van der Waals surface area contributed by atoms with Crippen molar-refractivity contribution in [2.75, 3.05) is 18.1 Å². The summed E-state index contributed by atoms with van der Waals surface area (Å²) in [7, 11) is 0. The van der Waals surface area contributed by atoms with Crippen LogP contribution >= 0.6 is 11.8 Å². The zero-order valence-corrected chi connectivity index (χ0v) is 14.3. The molecule has 0 spiro atoms. The predicted molar refractivity (Wildman–Crippen MR) is 90.4 cm³/mol. The second-order valence-corrected chi connectivity index (χ2v) is 6.75. The zero-order chi connectivity index (χ0) is 17.1. The van der Waals surface area contributed by atoms with Crippen LogP contribution in [-0.4, -0.2) is 38.0 Å². The van der Waals surface area contributed by atoms with Crippen LogP contribution in [0.3, 0.4) is 0 Å². The molecule has 0 bridgehead atoms. The van der Waals surface area contributed by atoms with Crippen LogP contribution in [0.2, 0.25) is 0 Å². The first kappa shape index (κ1) is 16.8. The van der Waals surface area contributed by atoms with Crippen LogP contribution in [-0.2, 0) is 11.3 Å². The van der Waals surface area contributed by atoms with Gasteiger partial charge < -0.3 is 10.7 Å². The number of carbonyl (C=O) groups excluding carboxylic acids is 1. The van der Waals surface area contributed by atoms with Gasteiger partial charge in [-0.25, -0.2) is 9.07 Å². The van der Waals surface area contributed by atoms with Crippen molar-refractivity contribution in [2.45, 2.75) is 37.4 Å². The minimum absolute atomic E-state index is 0.0391. The van der Waals surface area contributed by atoms with Gasteiger partial charge in [0.05, 0.1) is 5.75 Å². The lowest BCUT2D eigenvalue weighted by atomic mass is 10.2. The van der Waals surface area contributed by atoms with Crippen LogP contribution < -0.4 is 5.84 Å². The highest BCUT2D eigenvalue weighted by atomic mass is 32.2. The second kappa shape index (κ2) is 7.21. The summed E-state index contributed by atoms with van der Waals surface area (Å²) in [5, 5.41) is 8.71. The van der Waals surface area contributed by atoms with Gasteiger partial charge in [-0.05, 0) is 37.5 Å². The van der Waals surface area contributed by atoms with Gasteiger partial charge in [0.1, 0.15) is 5.82 Å². The SMILES string of the molecule is CCN(Cc1cccc(F)c1)C(=O)CSc1nnc(C2CC2)n1N. The summed E-state index contributed by atoms with van der Waals surface area (Å²) in [4.78, 5) is 14.1. The van der Waals surface area contributed by atoms with E-state index >= 15 is 0 Å². The van der Waals surface area contributed by atoms with Gasteiger partial charge >= 0.3 is 0 Å². The smallest absolute Gasteiger partial charge is 0.233 e. The molecule has 0 atom stereocenters. The van der Waals surface area contributed by atoms with Crippen molar-refractivity contribution in [1.82, 2.24) is 19.8 Å². The van der Waals surface area contributed by atoms with Gasteiger partial charge in [0.15, 0.2) is 5.82 Å². The molecule has 1 aliphatic rings. The maximum absolute atomic E-state index is 13.3. The van der Waals surface area contributed by atoms with Crippen molar-refractivity contribution in [2.24, 2.45) is 0 Å². The van der Waals surface area contributed by atoms with E-state index in [1.165, 1.54) is 28.6 Å². The number of carbonyl (C=O) groups is 1. The van der Waals surface area contributed by atoms with Crippen molar-refractivity contribution in [3.8, 4) is 0 Å². The third kappa shape index (κ3) is 3.87. The lowest BCUT2D eigenvalue weighted by Crippen LogP contribution is -2.32. The third-order valence-corrected chi connectivity index (χ3v) is 4.88. The normalized spacial score (nSPS) is 13.9. The Morgan fingerprint density at radius 1 is 1.46 bits per heavy atom. The fourth-order valence-electron chi connectivity index (χ4n) is 2.46. The van der Waals surface area contributed by atoms with E-state index in [-0.39, 0.29) is 17.5 Å². The summed E-state index contributed by atoms with van der Waals surface area (Å²) < 4.78 is 14.8. The van der Waals surface area contributed by atoms with Gasteiger partial charge in [-0.15, -0.1) is 10.2 Å². The van der Waals surface area contributed by atoms with Crippen molar-refractivity contribution in [3.63, 3.8) is 0 Å². The standard InChI is InChI=1S/C16H20FN5OS/c1-2-21(9-11-4-3-5-13(17)8-11)14(23)10-24-16-20-19-15(22(16)18)12-6-7-12/h3-5,8,12H,2,6-7,9-10,18H2,1H3. The van der Waals surface area contributed by atoms with Crippen molar-refractivity contribution < 1.29 is 9.18 Å². The number of rotatable bonds is 7. The second-order valence-electron chi connectivity index (χ2n) is 5.81. The largest absolute Gasteiger partial charge is 0.338 e. The first-order valence-corrected chi connectivity index (χ1v) is 8.92. The third-order valence-electron chi connectivity index (χ3n) is 3.96. The summed E-state index contributed by atoms with van der Waals surface area (Å²) in [6, 6.07) is 6.29. The van der Waals surface area contributed by atoms with Gasteiger partial charge in [0, 0.05) is 19.0 Å². The summed E-state index contributed by atoms with van der Waals surface area (Å²) in [6.45, 7) is 2.84. The molecule has 1 heterocycles. The predicted octanol–water partition coefficient (Wildman–Crippen LogP) is 2.15. The van der Waals surface area contributed by atoms with Crippen LogP contribution in [0.5, 0.6) is 0 Å². The summed E-state index contributed by atoms with van der Waals surface area (Å²) in [6.07, 6.45) is 2.19. The molecule has 1 aromatic heterocycles. The lowest BCUT2D eigenvalue weighted by Gasteiger charge is -2.20. The minimum Gasteiger partial charge on any atom is -0.338 e. The Hall–Kier alpha value is -2.09. The van der Waals surface area contributed by atoms with Crippen LogP contribution in [0.1, 0.15) is 37.1 Å². The Morgan fingerprint density at radius 2 is 2.25 bits per heavy atom. The molecule has 0 saturated heterocycles. The molecule has 0 aliphatic heterocycles. The fraction of sp³-hybridized carbons (Fsp3) is 0.438. The number of hydrogen-bond acceptors (Lipinski definition) is 5. The fourth-order valence-corrected chi connectivity index (χ4v) is 3.22. The number of amides is 1. The zero-order valence-electron chi connectivity index (χ0n) is 13.5. The van der Waals surface area contributed by atoms with Gasteiger partial charge in [-0.3, -0.25) is 4.79 Å². The molecular weight excluding hydrogens is 329 g/mol. The van der Waals surface area contributed by atoms with Gasteiger partial charge in [-0.1, -0.05) is 23.9 Å². The molecule has 128 valence electrons. The number of nitrogens with zero attached hydrogens (tertiary/aromatic N) is 4. The first-order valence-electron chi connectivity index (χ1n) is 7.94. The highest BCUT2D eigenvalue weighted by Gasteiger charge is 2.30. The Balaban J connectivity index is 1.58. The van der Waals surface area contributed by atoms with Crippen LogP contribution in [0.25, 0.3) is 0 Å². The first-order chi connectivity index (χ1) is 11.6. The molecule has 2 N–H and O–H groups in total. The maximum atomic E-state index is 13.3. The van der Waals surface area contributed by atoms with Gasteiger partial charge in [-0.2, -0.15) is 0 Å². The quantitative estimate of drug-likeness (QED) is 0.612. The number of hydrogen-bond donors (Lipinski definition) is 1. The molecule has 1 aliphatic carbocycles. The maximum Gasteiger partial charge on any atom is 0.233 e. The number of thioether (sulfide) groups is 1. The molecule has 6 nitrogen and oxygen atoms in total. The number of nitrogens with two attached hydrogens (primary N) is 1. The molecule has 24 heavy (non-hydrogen) atoms. The number of nitrogen functional groups attached to an aromatic ring is 1. The average molecular weight is 349 g/mol. The topological polar surface area (TPSA) is 77.0 Å². The Kier molecular flexibility index (Phi) is 5.03. The molecule has 0 radical (unpaired) electrons. The average Bonchev–Trinajstić information content (AvgIpc) is 3.34. The van der Waals surface area contributed by atoms with E-state index in [0.717, 1.165) is 24.2 Å². The molecule has 2 aromatic rings. The summed E-state index contributed by atoms with van der Waals surface area (Å²) >= 11 is 1.28. The van der Waals surface area contributed by atoms with E-state index < -0.39 is 0 Å². The molecule has 0 unspecified atom stereocenters.